The van der Waals surface area contributed by atoms with Gasteiger partial charge in [-0.2, -0.15) is 5.10 Å². The number of benzene rings is 1. The molecule has 0 unspecified atom stereocenters. The molecule has 0 amide bonds. The zero-order valence-corrected chi connectivity index (χ0v) is 10.1. The van der Waals surface area contributed by atoms with Crippen LogP contribution >= 0.6 is 0 Å². The Morgan fingerprint density at radius 2 is 2.12 bits per heavy atom. The van der Waals surface area contributed by atoms with E-state index >= 15 is 0 Å². The zero-order chi connectivity index (χ0) is 11.8. The van der Waals surface area contributed by atoms with Gasteiger partial charge in [0.2, 0.25) is 0 Å². The lowest BCUT2D eigenvalue weighted by Gasteiger charge is -2.03. The standard InChI is InChI=1S/C14H15N3/c1-11-3-4-14-13(7-11)5-6-17(14)10-12-8-15-16(2)9-12/h3-9H,10H2,1-2H3. The first-order chi connectivity index (χ1) is 8.22. The van der Waals surface area contributed by atoms with Gasteiger partial charge in [0.1, 0.15) is 0 Å². The summed E-state index contributed by atoms with van der Waals surface area (Å²) in [5, 5.41) is 5.49. The minimum absolute atomic E-state index is 0.875. The summed E-state index contributed by atoms with van der Waals surface area (Å²) in [6.45, 7) is 3.00. The maximum Gasteiger partial charge on any atom is 0.0539 e. The molecule has 0 spiro atoms. The Balaban J connectivity index is 2.00. The van der Waals surface area contributed by atoms with E-state index in [2.05, 4.69) is 53.2 Å². The van der Waals surface area contributed by atoms with E-state index < -0.39 is 0 Å². The normalized spacial score (nSPS) is 11.2. The van der Waals surface area contributed by atoms with Gasteiger partial charge in [0, 0.05) is 30.5 Å². The van der Waals surface area contributed by atoms with Gasteiger partial charge < -0.3 is 4.57 Å². The van der Waals surface area contributed by atoms with Crippen molar-refractivity contribution in [2.24, 2.45) is 7.05 Å². The molecule has 0 atom stereocenters. The highest BCUT2D eigenvalue weighted by atomic mass is 15.2. The number of rotatable bonds is 2. The molecule has 0 saturated heterocycles. The van der Waals surface area contributed by atoms with Crippen molar-refractivity contribution in [3.8, 4) is 0 Å². The van der Waals surface area contributed by atoms with Crippen LogP contribution in [0, 0.1) is 6.92 Å². The molecule has 0 aliphatic rings. The molecule has 3 aromatic rings. The molecule has 0 aliphatic carbocycles. The second kappa shape index (κ2) is 3.77. The predicted octanol–water partition coefficient (Wildman–Crippen LogP) is 2.73. The van der Waals surface area contributed by atoms with Crippen LogP contribution in [0.15, 0.2) is 42.9 Å². The summed E-state index contributed by atoms with van der Waals surface area (Å²) in [6.07, 6.45) is 6.11. The van der Waals surface area contributed by atoms with Crippen molar-refractivity contribution in [1.82, 2.24) is 14.3 Å². The maximum absolute atomic E-state index is 4.19. The van der Waals surface area contributed by atoms with Crippen LogP contribution in [0.4, 0.5) is 0 Å². The van der Waals surface area contributed by atoms with Crippen molar-refractivity contribution in [3.05, 3.63) is 54.0 Å². The van der Waals surface area contributed by atoms with Gasteiger partial charge >= 0.3 is 0 Å². The number of hydrogen-bond acceptors (Lipinski definition) is 1. The van der Waals surface area contributed by atoms with Crippen molar-refractivity contribution in [2.75, 3.05) is 0 Å². The molecule has 2 heterocycles. The highest BCUT2D eigenvalue weighted by molar-refractivity contribution is 5.80. The Bertz CT molecular complexity index is 661. The van der Waals surface area contributed by atoms with Crippen molar-refractivity contribution in [2.45, 2.75) is 13.5 Å². The molecule has 0 saturated carbocycles. The Labute approximate surface area is 100 Å². The first-order valence-electron chi connectivity index (χ1n) is 5.75. The lowest BCUT2D eigenvalue weighted by molar-refractivity contribution is 0.764. The van der Waals surface area contributed by atoms with Gasteiger partial charge in [-0.25, -0.2) is 0 Å². The molecule has 0 fully saturated rings. The first-order valence-corrected chi connectivity index (χ1v) is 5.75. The molecule has 86 valence electrons. The predicted molar refractivity (Wildman–Crippen MR) is 69.0 cm³/mol. The van der Waals surface area contributed by atoms with Crippen molar-refractivity contribution < 1.29 is 0 Å². The molecule has 3 heteroatoms. The molecule has 17 heavy (non-hydrogen) atoms. The Morgan fingerprint density at radius 3 is 2.88 bits per heavy atom. The quantitative estimate of drug-likeness (QED) is 0.657. The smallest absolute Gasteiger partial charge is 0.0539 e. The third-order valence-electron chi connectivity index (χ3n) is 3.04. The minimum Gasteiger partial charge on any atom is -0.343 e. The second-order valence-electron chi connectivity index (χ2n) is 4.53. The second-order valence-corrected chi connectivity index (χ2v) is 4.53. The number of nitrogens with zero attached hydrogens (tertiary/aromatic N) is 3. The third kappa shape index (κ3) is 1.84. The van der Waals surface area contributed by atoms with Crippen molar-refractivity contribution in [3.63, 3.8) is 0 Å². The average Bonchev–Trinajstić information content (AvgIpc) is 2.86. The lowest BCUT2D eigenvalue weighted by atomic mass is 10.2. The Hall–Kier alpha value is -2.03. The average molecular weight is 225 g/mol. The zero-order valence-electron chi connectivity index (χ0n) is 10.1. The molecule has 0 bridgehead atoms. The van der Waals surface area contributed by atoms with E-state index in [-0.39, 0.29) is 0 Å². The fourth-order valence-electron chi connectivity index (χ4n) is 2.21. The summed E-state index contributed by atoms with van der Waals surface area (Å²) < 4.78 is 4.09. The van der Waals surface area contributed by atoms with Gasteiger partial charge in [-0.1, -0.05) is 11.6 Å². The summed E-state index contributed by atoms with van der Waals surface area (Å²) in [5.41, 5.74) is 3.81. The highest BCUT2D eigenvalue weighted by Gasteiger charge is 2.03. The van der Waals surface area contributed by atoms with Crippen LogP contribution in [-0.4, -0.2) is 14.3 Å². The molecule has 0 aliphatic heterocycles. The number of aromatic nitrogens is 3. The molecule has 3 rings (SSSR count). The SMILES string of the molecule is Cc1ccc2c(ccn2Cc2cnn(C)c2)c1. The molecular formula is C14H15N3. The summed E-state index contributed by atoms with van der Waals surface area (Å²) in [5.74, 6) is 0. The van der Waals surface area contributed by atoms with Crippen LogP contribution in [0.1, 0.15) is 11.1 Å². The van der Waals surface area contributed by atoms with Gasteiger partial charge in [0.25, 0.3) is 0 Å². The van der Waals surface area contributed by atoms with Crippen LogP contribution in [0.3, 0.4) is 0 Å². The fourth-order valence-corrected chi connectivity index (χ4v) is 2.21. The van der Waals surface area contributed by atoms with Crippen LogP contribution < -0.4 is 0 Å². The molecule has 3 nitrogen and oxygen atoms in total. The summed E-state index contributed by atoms with van der Waals surface area (Å²) in [6, 6.07) is 8.72. The van der Waals surface area contributed by atoms with E-state index in [1.54, 1.807) is 0 Å². The highest BCUT2D eigenvalue weighted by Crippen LogP contribution is 2.18. The molecule has 0 radical (unpaired) electrons. The summed E-state index contributed by atoms with van der Waals surface area (Å²) in [4.78, 5) is 0. The van der Waals surface area contributed by atoms with Gasteiger partial charge in [0.15, 0.2) is 0 Å². The fraction of sp³-hybridized carbons (Fsp3) is 0.214. The van der Waals surface area contributed by atoms with Crippen LogP contribution in [0.5, 0.6) is 0 Å². The van der Waals surface area contributed by atoms with Crippen LogP contribution in [-0.2, 0) is 13.6 Å². The number of aryl methyl sites for hydroxylation is 2. The van der Waals surface area contributed by atoms with E-state index in [1.165, 1.54) is 22.0 Å². The van der Waals surface area contributed by atoms with Crippen molar-refractivity contribution >= 4 is 10.9 Å². The molecule has 0 N–H and O–H groups in total. The summed E-state index contributed by atoms with van der Waals surface area (Å²) >= 11 is 0. The largest absolute Gasteiger partial charge is 0.343 e. The number of fused-ring (bicyclic) bond motifs is 1. The Kier molecular flexibility index (Phi) is 2.25. The van der Waals surface area contributed by atoms with E-state index in [4.69, 9.17) is 0 Å². The first kappa shape index (κ1) is 10.1. The topological polar surface area (TPSA) is 22.8 Å². The van der Waals surface area contributed by atoms with E-state index in [0.29, 0.717) is 0 Å². The van der Waals surface area contributed by atoms with Crippen LogP contribution in [0.25, 0.3) is 10.9 Å². The van der Waals surface area contributed by atoms with E-state index in [9.17, 15) is 0 Å². The number of hydrogen-bond donors (Lipinski definition) is 0. The van der Waals surface area contributed by atoms with Gasteiger partial charge in [-0.05, 0) is 30.5 Å². The minimum atomic E-state index is 0.875. The van der Waals surface area contributed by atoms with Gasteiger partial charge in [-0.3, -0.25) is 4.68 Å². The monoisotopic (exact) mass is 225 g/mol. The van der Waals surface area contributed by atoms with E-state index in [0.717, 1.165) is 6.54 Å². The van der Waals surface area contributed by atoms with E-state index in [1.807, 2.05) is 17.9 Å². The van der Waals surface area contributed by atoms with Gasteiger partial charge in [0.05, 0.1) is 12.7 Å². The Morgan fingerprint density at radius 1 is 1.24 bits per heavy atom. The third-order valence-corrected chi connectivity index (χ3v) is 3.04. The van der Waals surface area contributed by atoms with Gasteiger partial charge in [-0.15, -0.1) is 0 Å². The summed E-state index contributed by atoms with van der Waals surface area (Å²) in [7, 11) is 1.95. The lowest BCUT2D eigenvalue weighted by Crippen LogP contribution is -1.96. The van der Waals surface area contributed by atoms with Crippen LogP contribution in [0.2, 0.25) is 0 Å². The maximum atomic E-state index is 4.19. The van der Waals surface area contributed by atoms with Crippen molar-refractivity contribution in [1.29, 1.82) is 0 Å². The molecular weight excluding hydrogens is 210 g/mol. The molecule has 2 aromatic heterocycles. The molecule has 1 aromatic carbocycles.